The number of urea groups is 1. The Morgan fingerprint density at radius 3 is 2.76 bits per heavy atom. The lowest BCUT2D eigenvalue weighted by Crippen LogP contribution is -2.52. The van der Waals surface area contributed by atoms with Gasteiger partial charge in [0.1, 0.15) is 0 Å². The van der Waals surface area contributed by atoms with Gasteiger partial charge in [0.2, 0.25) is 0 Å². The Balaban J connectivity index is 1.41. The van der Waals surface area contributed by atoms with E-state index in [0.29, 0.717) is 5.92 Å². The van der Waals surface area contributed by atoms with Crippen LogP contribution in [-0.2, 0) is 0 Å². The molecule has 6 nitrogen and oxygen atoms in total. The van der Waals surface area contributed by atoms with Gasteiger partial charge in [0.25, 0.3) is 0 Å². The molecule has 138 valence electrons. The average Bonchev–Trinajstić information content (AvgIpc) is 2.59. The van der Waals surface area contributed by atoms with Gasteiger partial charge in [-0.1, -0.05) is 6.42 Å². The molecule has 6 heteroatoms. The molecule has 1 aliphatic heterocycles. The number of aliphatic hydroxyl groups is 1. The van der Waals surface area contributed by atoms with E-state index in [0.717, 1.165) is 18.2 Å². The van der Waals surface area contributed by atoms with Gasteiger partial charge in [-0.15, -0.1) is 0 Å². The van der Waals surface area contributed by atoms with Crippen LogP contribution in [0.2, 0.25) is 0 Å². The van der Waals surface area contributed by atoms with Crippen LogP contribution in [0.3, 0.4) is 0 Å². The summed E-state index contributed by atoms with van der Waals surface area (Å²) in [6.45, 7) is 4.58. The summed E-state index contributed by atoms with van der Waals surface area (Å²) < 4.78 is 0. The number of pyridine rings is 1. The first-order chi connectivity index (χ1) is 12.1. The van der Waals surface area contributed by atoms with Gasteiger partial charge in [0.15, 0.2) is 0 Å². The van der Waals surface area contributed by atoms with Gasteiger partial charge in [-0.2, -0.15) is 0 Å². The second-order valence-corrected chi connectivity index (χ2v) is 7.42. The standard InChI is InChI=1S/C19H30N4O2/c1-14(16-4-3-11-23(13-16)17-5-2-6-17)22-19(25)21-12-18(24)15-7-9-20-10-8-15/h7-10,14,16-18,24H,2-6,11-13H2,1H3,(H2,21,22,25). The van der Waals surface area contributed by atoms with E-state index in [4.69, 9.17) is 0 Å². The molecule has 0 radical (unpaired) electrons. The summed E-state index contributed by atoms with van der Waals surface area (Å²) in [6.07, 6.45) is 8.98. The number of rotatable bonds is 6. The number of nitrogens with one attached hydrogen (secondary N) is 2. The summed E-state index contributed by atoms with van der Waals surface area (Å²) in [5.41, 5.74) is 0.756. The lowest BCUT2D eigenvalue weighted by atomic mass is 9.86. The van der Waals surface area contributed by atoms with Crippen molar-refractivity contribution in [3.05, 3.63) is 30.1 Å². The summed E-state index contributed by atoms with van der Waals surface area (Å²) in [5, 5.41) is 15.9. The molecule has 2 amide bonds. The van der Waals surface area contributed by atoms with Gasteiger partial charge in [-0.3, -0.25) is 4.98 Å². The fraction of sp³-hybridized carbons (Fsp3) is 0.684. The predicted octanol–water partition coefficient (Wildman–Crippen LogP) is 2.07. The Morgan fingerprint density at radius 2 is 2.08 bits per heavy atom. The molecule has 25 heavy (non-hydrogen) atoms. The van der Waals surface area contributed by atoms with Crippen LogP contribution >= 0.6 is 0 Å². The van der Waals surface area contributed by atoms with Crippen LogP contribution in [0.25, 0.3) is 0 Å². The van der Waals surface area contributed by atoms with Gasteiger partial charge in [0, 0.05) is 37.6 Å². The van der Waals surface area contributed by atoms with Gasteiger partial charge in [-0.25, -0.2) is 4.79 Å². The third-order valence-electron chi connectivity index (χ3n) is 5.69. The van der Waals surface area contributed by atoms with Gasteiger partial charge >= 0.3 is 6.03 Å². The first-order valence-electron chi connectivity index (χ1n) is 9.50. The number of nitrogens with zero attached hydrogens (tertiary/aromatic N) is 2. The zero-order valence-electron chi connectivity index (χ0n) is 15.0. The van der Waals surface area contributed by atoms with E-state index in [1.165, 1.54) is 38.6 Å². The van der Waals surface area contributed by atoms with Gasteiger partial charge < -0.3 is 20.6 Å². The molecule has 0 spiro atoms. The molecule has 1 saturated heterocycles. The fourth-order valence-corrected chi connectivity index (χ4v) is 3.80. The van der Waals surface area contributed by atoms with E-state index in [1.807, 2.05) is 0 Å². The molecule has 3 atom stereocenters. The highest BCUT2D eigenvalue weighted by atomic mass is 16.3. The number of aromatic nitrogens is 1. The van der Waals surface area contributed by atoms with E-state index in [2.05, 4.69) is 27.4 Å². The molecule has 2 fully saturated rings. The summed E-state index contributed by atoms with van der Waals surface area (Å²) >= 11 is 0. The number of piperidine rings is 1. The van der Waals surface area contributed by atoms with Crippen molar-refractivity contribution in [2.45, 2.75) is 57.2 Å². The van der Waals surface area contributed by atoms with Crippen LogP contribution in [-0.4, -0.2) is 52.7 Å². The molecule has 2 heterocycles. The van der Waals surface area contributed by atoms with Crippen LogP contribution < -0.4 is 10.6 Å². The third kappa shape index (κ3) is 4.92. The van der Waals surface area contributed by atoms with Crippen LogP contribution in [0.1, 0.15) is 50.7 Å². The Kier molecular flexibility index (Phi) is 6.26. The van der Waals surface area contributed by atoms with E-state index in [1.54, 1.807) is 24.5 Å². The Morgan fingerprint density at radius 1 is 1.32 bits per heavy atom. The maximum atomic E-state index is 12.2. The van der Waals surface area contributed by atoms with E-state index in [9.17, 15) is 9.90 Å². The van der Waals surface area contributed by atoms with Crippen molar-refractivity contribution in [3.8, 4) is 0 Å². The zero-order chi connectivity index (χ0) is 17.6. The third-order valence-corrected chi connectivity index (χ3v) is 5.69. The Hall–Kier alpha value is -1.66. The second kappa shape index (κ2) is 8.63. The number of hydrogen-bond acceptors (Lipinski definition) is 4. The number of aliphatic hydroxyl groups excluding tert-OH is 1. The molecule has 2 aliphatic rings. The number of carbonyl (C=O) groups is 1. The summed E-state index contributed by atoms with van der Waals surface area (Å²) in [6, 6.07) is 4.22. The van der Waals surface area contributed by atoms with Crippen molar-refractivity contribution >= 4 is 6.03 Å². The first-order valence-corrected chi connectivity index (χ1v) is 9.50. The molecular weight excluding hydrogens is 316 g/mol. The van der Waals surface area contributed by atoms with E-state index < -0.39 is 6.10 Å². The minimum atomic E-state index is -0.715. The monoisotopic (exact) mass is 346 g/mol. The highest BCUT2D eigenvalue weighted by molar-refractivity contribution is 5.74. The maximum Gasteiger partial charge on any atom is 0.315 e. The molecule has 3 N–H and O–H groups in total. The highest BCUT2D eigenvalue weighted by Gasteiger charge is 2.31. The van der Waals surface area contributed by atoms with Crippen LogP contribution in [0.4, 0.5) is 4.79 Å². The topological polar surface area (TPSA) is 77.5 Å². The quantitative estimate of drug-likeness (QED) is 0.737. The van der Waals surface area contributed by atoms with Crippen molar-refractivity contribution in [2.75, 3.05) is 19.6 Å². The molecular formula is C19H30N4O2. The van der Waals surface area contributed by atoms with Gasteiger partial charge in [0.05, 0.1) is 6.10 Å². The minimum absolute atomic E-state index is 0.140. The van der Waals surface area contributed by atoms with Crippen LogP contribution in [0.5, 0.6) is 0 Å². The fourth-order valence-electron chi connectivity index (χ4n) is 3.80. The summed E-state index contributed by atoms with van der Waals surface area (Å²) in [5.74, 6) is 0.505. The average molecular weight is 346 g/mol. The molecule has 0 aromatic carbocycles. The van der Waals surface area contributed by atoms with Crippen LogP contribution in [0, 0.1) is 5.92 Å². The first kappa shape index (κ1) is 18.1. The molecule has 3 rings (SSSR count). The largest absolute Gasteiger partial charge is 0.387 e. The Labute approximate surface area is 150 Å². The van der Waals surface area contributed by atoms with Crippen LogP contribution in [0.15, 0.2) is 24.5 Å². The molecule has 3 unspecified atom stereocenters. The second-order valence-electron chi connectivity index (χ2n) is 7.42. The van der Waals surface area contributed by atoms with Crippen molar-refractivity contribution in [1.29, 1.82) is 0 Å². The van der Waals surface area contributed by atoms with Crippen molar-refractivity contribution in [3.63, 3.8) is 0 Å². The predicted molar refractivity (Wildman–Crippen MR) is 97.1 cm³/mol. The molecule has 1 aromatic heterocycles. The lowest BCUT2D eigenvalue weighted by molar-refractivity contribution is 0.0677. The maximum absolute atomic E-state index is 12.2. The molecule has 0 bridgehead atoms. The lowest BCUT2D eigenvalue weighted by Gasteiger charge is -2.43. The van der Waals surface area contributed by atoms with Gasteiger partial charge in [-0.05, 0) is 62.8 Å². The number of hydrogen-bond donors (Lipinski definition) is 3. The molecule has 1 aromatic rings. The normalized spacial score (nSPS) is 24.2. The van der Waals surface area contributed by atoms with E-state index in [-0.39, 0.29) is 18.6 Å². The van der Waals surface area contributed by atoms with Crippen molar-refractivity contribution in [2.24, 2.45) is 5.92 Å². The molecule has 1 aliphatic carbocycles. The summed E-state index contributed by atoms with van der Waals surface area (Å²) in [7, 11) is 0. The Bertz CT molecular complexity index is 550. The van der Waals surface area contributed by atoms with E-state index >= 15 is 0 Å². The highest BCUT2D eigenvalue weighted by Crippen LogP contribution is 2.30. The number of amides is 2. The smallest absolute Gasteiger partial charge is 0.315 e. The summed E-state index contributed by atoms with van der Waals surface area (Å²) in [4.78, 5) is 18.7. The number of carbonyl (C=O) groups excluding carboxylic acids is 1. The SMILES string of the molecule is CC(NC(=O)NCC(O)c1ccncc1)C1CCCN(C2CCC2)C1. The van der Waals surface area contributed by atoms with Crippen molar-refractivity contribution < 1.29 is 9.90 Å². The molecule has 1 saturated carbocycles. The minimum Gasteiger partial charge on any atom is -0.387 e. The zero-order valence-corrected chi connectivity index (χ0v) is 15.0. The number of likely N-dealkylation sites (tertiary alicyclic amines) is 1. The van der Waals surface area contributed by atoms with Crippen molar-refractivity contribution in [1.82, 2.24) is 20.5 Å².